The van der Waals surface area contributed by atoms with Gasteiger partial charge >= 0.3 is 0 Å². The van der Waals surface area contributed by atoms with E-state index in [1.807, 2.05) is 0 Å². The SMILES string of the molecule is CCCCOCCNC(=O)C1(C#N)CC1. The van der Waals surface area contributed by atoms with Gasteiger partial charge in [0.2, 0.25) is 5.91 Å². The van der Waals surface area contributed by atoms with Crippen molar-refractivity contribution >= 4 is 5.91 Å². The average Bonchev–Trinajstić information content (AvgIpc) is 3.03. The molecule has 84 valence electrons. The third kappa shape index (κ3) is 3.52. The summed E-state index contributed by atoms with van der Waals surface area (Å²) in [7, 11) is 0. The number of hydrogen-bond acceptors (Lipinski definition) is 3. The van der Waals surface area contributed by atoms with Crippen LogP contribution in [-0.4, -0.2) is 25.7 Å². The fourth-order valence-corrected chi connectivity index (χ4v) is 1.27. The third-order valence-corrected chi connectivity index (χ3v) is 2.57. The van der Waals surface area contributed by atoms with E-state index < -0.39 is 5.41 Å². The average molecular weight is 210 g/mol. The molecule has 1 amide bonds. The summed E-state index contributed by atoms with van der Waals surface area (Å²) in [5.41, 5.74) is -0.705. The Morgan fingerprint density at radius 2 is 2.27 bits per heavy atom. The van der Waals surface area contributed by atoms with Gasteiger partial charge in [-0.05, 0) is 19.3 Å². The highest BCUT2D eigenvalue weighted by atomic mass is 16.5. The van der Waals surface area contributed by atoms with Gasteiger partial charge in [-0.3, -0.25) is 4.79 Å². The maximum absolute atomic E-state index is 11.5. The monoisotopic (exact) mass is 210 g/mol. The van der Waals surface area contributed by atoms with Gasteiger partial charge in [0.15, 0.2) is 0 Å². The van der Waals surface area contributed by atoms with E-state index in [0.717, 1.165) is 19.4 Å². The molecule has 4 heteroatoms. The molecule has 0 unspecified atom stereocenters. The Bertz CT molecular complexity index is 254. The molecule has 0 aliphatic heterocycles. The Kier molecular flexibility index (Phi) is 4.57. The van der Waals surface area contributed by atoms with Crippen molar-refractivity contribution in [2.45, 2.75) is 32.6 Å². The quantitative estimate of drug-likeness (QED) is 0.643. The van der Waals surface area contributed by atoms with Crippen molar-refractivity contribution in [3.05, 3.63) is 0 Å². The molecule has 0 bridgehead atoms. The second-order valence-electron chi connectivity index (χ2n) is 3.92. The van der Waals surface area contributed by atoms with Crippen molar-refractivity contribution in [1.82, 2.24) is 5.32 Å². The number of nitrogens with zero attached hydrogens (tertiary/aromatic N) is 1. The fraction of sp³-hybridized carbons (Fsp3) is 0.818. The zero-order valence-corrected chi connectivity index (χ0v) is 9.21. The Balaban J connectivity index is 2.01. The van der Waals surface area contributed by atoms with Crippen LogP contribution in [0.2, 0.25) is 0 Å². The molecule has 0 heterocycles. The molecule has 4 nitrogen and oxygen atoms in total. The number of carbonyl (C=O) groups is 1. The topological polar surface area (TPSA) is 62.1 Å². The molecular formula is C11H18N2O2. The molecule has 0 aromatic carbocycles. The Morgan fingerprint density at radius 1 is 1.53 bits per heavy atom. The van der Waals surface area contributed by atoms with E-state index >= 15 is 0 Å². The van der Waals surface area contributed by atoms with Gasteiger partial charge in [0, 0.05) is 13.2 Å². The van der Waals surface area contributed by atoms with Crippen LogP contribution in [-0.2, 0) is 9.53 Å². The normalized spacial score (nSPS) is 16.8. The molecule has 0 spiro atoms. The van der Waals surface area contributed by atoms with Crippen molar-refractivity contribution < 1.29 is 9.53 Å². The van der Waals surface area contributed by atoms with E-state index in [1.54, 1.807) is 0 Å². The smallest absolute Gasteiger partial charge is 0.240 e. The highest BCUT2D eigenvalue weighted by Gasteiger charge is 2.50. The molecule has 0 radical (unpaired) electrons. The van der Waals surface area contributed by atoms with Gasteiger partial charge in [0.05, 0.1) is 12.7 Å². The van der Waals surface area contributed by atoms with Gasteiger partial charge < -0.3 is 10.1 Å². The first-order chi connectivity index (χ1) is 7.25. The largest absolute Gasteiger partial charge is 0.380 e. The van der Waals surface area contributed by atoms with Crippen LogP contribution in [0.3, 0.4) is 0 Å². The summed E-state index contributed by atoms with van der Waals surface area (Å²) in [5.74, 6) is -0.135. The number of ether oxygens (including phenoxy) is 1. The Morgan fingerprint density at radius 3 is 2.80 bits per heavy atom. The number of nitrogens with one attached hydrogen (secondary N) is 1. The Hall–Kier alpha value is -1.08. The van der Waals surface area contributed by atoms with Crippen LogP contribution in [0.1, 0.15) is 32.6 Å². The highest BCUT2D eigenvalue weighted by Crippen LogP contribution is 2.44. The first-order valence-electron chi connectivity index (χ1n) is 5.52. The second-order valence-corrected chi connectivity index (χ2v) is 3.92. The van der Waals surface area contributed by atoms with Crippen LogP contribution in [0, 0.1) is 16.7 Å². The summed E-state index contributed by atoms with van der Waals surface area (Å²) in [6.07, 6.45) is 3.57. The molecule has 0 saturated heterocycles. The minimum atomic E-state index is -0.705. The van der Waals surface area contributed by atoms with Crippen molar-refractivity contribution in [3.63, 3.8) is 0 Å². The van der Waals surface area contributed by atoms with Crippen LogP contribution in [0.5, 0.6) is 0 Å². The van der Waals surface area contributed by atoms with E-state index in [-0.39, 0.29) is 5.91 Å². The highest BCUT2D eigenvalue weighted by molar-refractivity contribution is 5.88. The number of amides is 1. The van der Waals surface area contributed by atoms with Gasteiger partial charge in [0.1, 0.15) is 5.41 Å². The van der Waals surface area contributed by atoms with Crippen LogP contribution < -0.4 is 5.32 Å². The van der Waals surface area contributed by atoms with Crippen molar-refractivity contribution in [2.75, 3.05) is 19.8 Å². The van der Waals surface area contributed by atoms with E-state index in [4.69, 9.17) is 10.00 Å². The number of unbranched alkanes of at least 4 members (excludes halogenated alkanes) is 1. The Labute approximate surface area is 90.6 Å². The molecule has 1 fully saturated rings. The van der Waals surface area contributed by atoms with Gasteiger partial charge in [-0.15, -0.1) is 0 Å². The molecule has 1 N–H and O–H groups in total. The third-order valence-electron chi connectivity index (χ3n) is 2.57. The lowest BCUT2D eigenvalue weighted by atomic mass is 10.1. The molecule has 1 aliphatic carbocycles. The van der Waals surface area contributed by atoms with Crippen LogP contribution in [0.25, 0.3) is 0 Å². The summed E-state index contributed by atoms with van der Waals surface area (Å²) in [6, 6.07) is 2.06. The number of carbonyl (C=O) groups excluding carboxylic acids is 1. The van der Waals surface area contributed by atoms with Crippen LogP contribution >= 0.6 is 0 Å². The zero-order valence-electron chi connectivity index (χ0n) is 9.21. The van der Waals surface area contributed by atoms with Crippen molar-refractivity contribution in [1.29, 1.82) is 5.26 Å². The van der Waals surface area contributed by atoms with Crippen molar-refractivity contribution in [2.24, 2.45) is 5.41 Å². The molecule has 1 saturated carbocycles. The standard InChI is InChI=1S/C11H18N2O2/c1-2-3-7-15-8-6-13-10(14)11(9-12)4-5-11/h2-8H2,1H3,(H,13,14). The van der Waals surface area contributed by atoms with Crippen LogP contribution in [0.4, 0.5) is 0 Å². The van der Waals surface area contributed by atoms with Gasteiger partial charge in [-0.1, -0.05) is 13.3 Å². The van der Waals surface area contributed by atoms with Gasteiger partial charge in [0.25, 0.3) is 0 Å². The van der Waals surface area contributed by atoms with Gasteiger partial charge in [-0.25, -0.2) is 0 Å². The van der Waals surface area contributed by atoms with Crippen molar-refractivity contribution in [3.8, 4) is 6.07 Å². The lowest BCUT2D eigenvalue weighted by molar-refractivity contribution is -0.124. The molecule has 1 aliphatic rings. The van der Waals surface area contributed by atoms with E-state index in [2.05, 4.69) is 18.3 Å². The van der Waals surface area contributed by atoms with Crippen LogP contribution in [0.15, 0.2) is 0 Å². The summed E-state index contributed by atoms with van der Waals surface area (Å²) >= 11 is 0. The van der Waals surface area contributed by atoms with E-state index in [9.17, 15) is 4.79 Å². The summed E-state index contributed by atoms with van der Waals surface area (Å²) in [6.45, 7) is 3.89. The molecule has 0 aromatic heterocycles. The summed E-state index contributed by atoms with van der Waals surface area (Å²) in [4.78, 5) is 11.5. The molecular weight excluding hydrogens is 192 g/mol. The van der Waals surface area contributed by atoms with E-state index in [0.29, 0.717) is 26.0 Å². The lowest BCUT2D eigenvalue weighted by Gasteiger charge is -2.08. The number of nitriles is 1. The van der Waals surface area contributed by atoms with E-state index in [1.165, 1.54) is 0 Å². The minimum Gasteiger partial charge on any atom is -0.380 e. The molecule has 0 atom stereocenters. The first kappa shape index (κ1) is 12.0. The molecule has 0 aromatic rings. The number of rotatable bonds is 7. The lowest BCUT2D eigenvalue weighted by Crippen LogP contribution is -2.33. The molecule has 15 heavy (non-hydrogen) atoms. The van der Waals surface area contributed by atoms with Gasteiger partial charge in [-0.2, -0.15) is 5.26 Å². The first-order valence-corrected chi connectivity index (χ1v) is 5.52. The minimum absolute atomic E-state index is 0.135. The maximum atomic E-state index is 11.5. The summed E-state index contributed by atoms with van der Waals surface area (Å²) < 4.78 is 5.29. The predicted octanol–water partition coefficient (Wildman–Crippen LogP) is 1.22. The number of hydrogen-bond donors (Lipinski definition) is 1. The predicted molar refractivity (Wildman–Crippen MR) is 56.0 cm³/mol. The molecule has 1 rings (SSSR count). The summed E-state index contributed by atoms with van der Waals surface area (Å²) in [5, 5.41) is 11.5. The fourth-order valence-electron chi connectivity index (χ4n) is 1.27. The maximum Gasteiger partial charge on any atom is 0.240 e. The second kappa shape index (κ2) is 5.72. The zero-order chi connectivity index (χ0) is 11.1.